The molecule has 0 amide bonds. The predicted octanol–water partition coefficient (Wildman–Crippen LogP) is 1.63. The van der Waals surface area contributed by atoms with E-state index in [0.29, 0.717) is 16.5 Å². The zero-order chi connectivity index (χ0) is 13.1. The van der Waals surface area contributed by atoms with Crippen LogP contribution in [-0.4, -0.2) is 33.8 Å². The summed E-state index contributed by atoms with van der Waals surface area (Å²) in [5, 5.41) is 6.87. The van der Waals surface area contributed by atoms with Crippen molar-refractivity contribution < 1.29 is 12.6 Å². The molecule has 1 aromatic rings. The van der Waals surface area contributed by atoms with E-state index in [1.807, 2.05) is 6.92 Å². The van der Waals surface area contributed by atoms with E-state index in [2.05, 4.69) is 10.2 Å². The lowest BCUT2D eigenvalue weighted by atomic mass is 10.4. The minimum Gasteiger partial charge on any atom is -0.252 e. The van der Waals surface area contributed by atoms with Crippen molar-refractivity contribution in [2.75, 3.05) is 5.75 Å². The van der Waals surface area contributed by atoms with Crippen LogP contribution in [0.3, 0.4) is 0 Å². The molecule has 0 bridgehead atoms. The molecule has 0 spiro atoms. The van der Waals surface area contributed by atoms with Crippen molar-refractivity contribution in [2.24, 2.45) is 0 Å². The lowest BCUT2D eigenvalue weighted by Gasteiger charge is -2.05. The Morgan fingerprint density at radius 2 is 2.00 bits per heavy atom. The highest BCUT2D eigenvalue weighted by molar-refractivity contribution is 7.94. The van der Waals surface area contributed by atoms with Crippen molar-refractivity contribution in [3.05, 3.63) is 0 Å². The highest BCUT2D eigenvalue weighted by Crippen LogP contribution is 2.23. The Labute approximate surface area is 108 Å². The van der Waals surface area contributed by atoms with Gasteiger partial charge in [-0.1, -0.05) is 25.2 Å². The molecule has 2 unspecified atom stereocenters. The van der Waals surface area contributed by atoms with Crippen molar-refractivity contribution in [3.63, 3.8) is 0 Å². The summed E-state index contributed by atoms with van der Waals surface area (Å²) in [6, 6.07) is 0. The summed E-state index contributed by atoms with van der Waals surface area (Å²) in [5.41, 5.74) is 0. The van der Waals surface area contributed by atoms with Crippen LogP contribution in [-0.2, 0) is 20.6 Å². The Morgan fingerprint density at radius 1 is 1.35 bits per heavy atom. The third-order valence-corrected chi connectivity index (χ3v) is 7.80. The Kier molecular flexibility index (Phi) is 5.21. The van der Waals surface area contributed by atoms with Crippen LogP contribution in [0, 0.1) is 0 Å². The molecular formula is C9H16N2O3S3. The third-order valence-electron chi connectivity index (χ3n) is 2.32. The van der Waals surface area contributed by atoms with Crippen LogP contribution < -0.4 is 0 Å². The van der Waals surface area contributed by atoms with Crippen molar-refractivity contribution in [1.29, 1.82) is 0 Å². The lowest BCUT2D eigenvalue weighted by Crippen LogP contribution is -2.16. The first kappa shape index (κ1) is 14.7. The Morgan fingerprint density at radius 3 is 2.53 bits per heavy atom. The molecule has 1 aromatic heterocycles. The van der Waals surface area contributed by atoms with Gasteiger partial charge in [-0.25, -0.2) is 8.42 Å². The molecular weight excluding hydrogens is 280 g/mol. The highest BCUT2D eigenvalue weighted by atomic mass is 32.2. The zero-order valence-electron chi connectivity index (χ0n) is 10.0. The summed E-state index contributed by atoms with van der Waals surface area (Å²) >= 11 is 0.921. The van der Waals surface area contributed by atoms with Gasteiger partial charge in [0, 0.05) is 5.75 Å². The molecule has 98 valence electrons. The molecule has 0 radical (unpaired) electrons. The second-order valence-corrected chi connectivity index (χ2v) is 8.91. The molecule has 0 aliphatic rings. The second kappa shape index (κ2) is 6.01. The van der Waals surface area contributed by atoms with Crippen LogP contribution in [0.5, 0.6) is 0 Å². The van der Waals surface area contributed by atoms with Gasteiger partial charge in [0.05, 0.1) is 16.0 Å². The molecule has 2 atom stereocenters. The van der Waals surface area contributed by atoms with Gasteiger partial charge in [0.1, 0.15) is 0 Å². The maximum atomic E-state index is 12.0. The summed E-state index contributed by atoms with van der Waals surface area (Å²) in [4.78, 5) is 0. The van der Waals surface area contributed by atoms with Gasteiger partial charge in [-0.05, 0) is 19.8 Å². The number of aromatic nitrogens is 2. The van der Waals surface area contributed by atoms with Crippen molar-refractivity contribution in [3.8, 4) is 0 Å². The summed E-state index contributed by atoms with van der Waals surface area (Å²) in [6.07, 6.45) is 1.29. The number of rotatable bonds is 6. The molecule has 0 aliphatic carbocycles. The quantitative estimate of drug-likeness (QED) is 0.797. The van der Waals surface area contributed by atoms with Crippen molar-refractivity contribution in [1.82, 2.24) is 10.2 Å². The van der Waals surface area contributed by atoms with Gasteiger partial charge >= 0.3 is 0 Å². The van der Waals surface area contributed by atoms with Crippen molar-refractivity contribution >= 4 is 32.0 Å². The van der Waals surface area contributed by atoms with Crippen LogP contribution in [0.25, 0.3) is 0 Å². The monoisotopic (exact) mass is 296 g/mol. The van der Waals surface area contributed by atoms with E-state index in [1.165, 1.54) is 0 Å². The topological polar surface area (TPSA) is 77.0 Å². The summed E-state index contributed by atoms with van der Waals surface area (Å²) < 4.78 is 35.9. The average Bonchev–Trinajstić information content (AvgIpc) is 2.78. The number of sulfone groups is 1. The second-order valence-electron chi connectivity index (χ2n) is 3.65. The van der Waals surface area contributed by atoms with Gasteiger partial charge < -0.3 is 0 Å². The first-order valence-corrected chi connectivity index (χ1v) is 9.07. The molecule has 1 rings (SSSR count). The summed E-state index contributed by atoms with van der Waals surface area (Å²) in [5.74, 6) is 0.484. The van der Waals surface area contributed by atoms with E-state index < -0.39 is 25.9 Å². The molecule has 0 saturated carbocycles. The minimum absolute atomic E-state index is 0.0219. The average molecular weight is 296 g/mol. The lowest BCUT2D eigenvalue weighted by molar-refractivity contribution is 0.578. The van der Waals surface area contributed by atoms with Gasteiger partial charge in [0.25, 0.3) is 0 Å². The molecule has 0 aliphatic heterocycles. The normalized spacial score (nSPS) is 15.7. The maximum absolute atomic E-state index is 12.0. The van der Waals surface area contributed by atoms with Gasteiger partial charge in [0.2, 0.25) is 18.5 Å². The molecule has 8 heteroatoms. The van der Waals surface area contributed by atoms with Gasteiger partial charge in [0.15, 0.2) is 0 Å². The smallest absolute Gasteiger partial charge is 0.233 e. The Balaban J connectivity index is 2.99. The largest absolute Gasteiger partial charge is 0.252 e. The van der Waals surface area contributed by atoms with Crippen LogP contribution in [0.15, 0.2) is 8.68 Å². The standard InChI is InChI=1S/C9H16N2O3S3/c1-4-6-16(12)8-10-11-9(15-8)17(13,14)7(3)5-2/h7H,4-6H2,1-3H3. The molecule has 0 saturated heterocycles. The third kappa shape index (κ3) is 3.32. The van der Waals surface area contributed by atoms with Crippen LogP contribution in [0.1, 0.15) is 33.6 Å². The van der Waals surface area contributed by atoms with E-state index in [9.17, 15) is 12.6 Å². The Hall–Kier alpha value is -0.340. The number of nitrogens with zero attached hydrogens (tertiary/aromatic N) is 2. The fraction of sp³-hybridized carbons (Fsp3) is 0.778. The molecule has 17 heavy (non-hydrogen) atoms. The molecule has 0 aromatic carbocycles. The highest BCUT2D eigenvalue weighted by Gasteiger charge is 2.27. The van der Waals surface area contributed by atoms with E-state index in [4.69, 9.17) is 0 Å². The SMILES string of the molecule is CCCS(=O)c1nnc(S(=O)(=O)C(C)CC)s1. The van der Waals surface area contributed by atoms with Crippen LogP contribution in [0.2, 0.25) is 0 Å². The number of hydrogen-bond acceptors (Lipinski definition) is 6. The Bertz CT molecular complexity index is 495. The summed E-state index contributed by atoms with van der Waals surface area (Å²) in [7, 11) is -4.64. The minimum atomic E-state index is -3.41. The van der Waals surface area contributed by atoms with Crippen LogP contribution in [0.4, 0.5) is 0 Å². The van der Waals surface area contributed by atoms with E-state index in [0.717, 1.165) is 17.8 Å². The fourth-order valence-electron chi connectivity index (χ4n) is 1.07. The maximum Gasteiger partial charge on any atom is 0.233 e. The van der Waals surface area contributed by atoms with Gasteiger partial charge in [-0.2, -0.15) is 0 Å². The molecule has 5 nitrogen and oxygen atoms in total. The first-order valence-electron chi connectivity index (χ1n) is 5.39. The molecule has 1 heterocycles. The van der Waals surface area contributed by atoms with Crippen LogP contribution >= 0.6 is 11.3 Å². The summed E-state index contributed by atoms with van der Waals surface area (Å²) in [6.45, 7) is 5.36. The van der Waals surface area contributed by atoms with Gasteiger partial charge in [-0.3, -0.25) is 4.21 Å². The first-order chi connectivity index (χ1) is 7.93. The predicted molar refractivity (Wildman–Crippen MR) is 68.4 cm³/mol. The van der Waals surface area contributed by atoms with E-state index in [-0.39, 0.29) is 4.34 Å². The van der Waals surface area contributed by atoms with Crippen molar-refractivity contribution in [2.45, 2.75) is 47.5 Å². The van der Waals surface area contributed by atoms with E-state index >= 15 is 0 Å². The van der Waals surface area contributed by atoms with E-state index in [1.54, 1.807) is 13.8 Å². The zero-order valence-corrected chi connectivity index (χ0v) is 12.5. The number of hydrogen-bond donors (Lipinski definition) is 0. The fourth-order valence-corrected chi connectivity index (χ4v) is 5.21. The van der Waals surface area contributed by atoms with Gasteiger partial charge in [-0.15, -0.1) is 10.2 Å². The molecule has 0 N–H and O–H groups in total. The molecule has 0 fully saturated rings.